The Balaban J connectivity index is 2.07. The molecule has 1 aromatic heterocycles. The molecular weight excluding hydrogens is 367 g/mol. The molecule has 2 N–H and O–H groups in total. The van der Waals surface area contributed by atoms with Crippen LogP contribution in [0.15, 0.2) is 34.9 Å². The Kier molecular flexibility index (Phi) is 4.86. The molecule has 104 valence electrons. The highest BCUT2D eigenvalue weighted by Crippen LogP contribution is 2.29. The molecule has 2 aromatic rings. The average molecular weight is 376 g/mol. The number of benzene rings is 1. The van der Waals surface area contributed by atoms with Gasteiger partial charge in [0.1, 0.15) is 6.61 Å². The van der Waals surface area contributed by atoms with Gasteiger partial charge in [-0.2, -0.15) is 0 Å². The fourth-order valence-corrected chi connectivity index (χ4v) is 2.01. The second-order valence-electron chi connectivity index (χ2n) is 3.91. The lowest BCUT2D eigenvalue weighted by molar-refractivity contribution is 0.0468. The monoisotopic (exact) mass is 374 g/mol. The average Bonchev–Trinajstić information content (AvgIpc) is 2.43. The maximum absolute atomic E-state index is 11.9. The first-order chi connectivity index (χ1) is 9.47. The van der Waals surface area contributed by atoms with Crippen LogP contribution in [0.25, 0.3) is 0 Å². The Morgan fingerprint density at radius 2 is 2.10 bits per heavy atom. The van der Waals surface area contributed by atoms with Crippen molar-refractivity contribution in [3.8, 4) is 0 Å². The van der Waals surface area contributed by atoms with Crippen molar-refractivity contribution >= 4 is 50.8 Å². The van der Waals surface area contributed by atoms with Gasteiger partial charge in [-0.25, -0.2) is 4.79 Å². The Morgan fingerprint density at radius 1 is 1.35 bits per heavy atom. The van der Waals surface area contributed by atoms with Gasteiger partial charge in [-0.15, -0.1) is 0 Å². The number of pyridine rings is 1. The second kappa shape index (κ2) is 6.43. The van der Waals surface area contributed by atoms with Crippen LogP contribution in [-0.2, 0) is 11.3 Å². The maximum atomic E-state index is 11.9. The van der Waals surface area contributed by atoms with E-state index >= 15 is 0 Å². The number of nitrogens with zero attached hydrogens (tertiary/aromatic N) is 1. The molecule has 7 heteroatoms. The molecule has 0 aliphatic carbocycles. The Bertz CT molecular complexity index is 624. The van der Waals surface area contributed by atoms with Gasteiger partial charge >= 0.3 is 5.97 Å². The standard InChI is InChI=1S/C13H9BrCl2N2O2/c14-8-1-2-9(18-5-8)6-20-13(19)7-3-10(15)12(16)11(17)4-7/h1-5H,6,17H2. The molecule has 4 nitrogen and oxygen atoms in total. The highest BCUT2D eigenvalue weighted by Gasteiger charge is 2.12. The molecule has 0 bridgehead atoms. The summed E-state index contributed by atoms with van der Waals surface area (Å²) in [6, 6.07) is 6.40. The largest absolute Gasteiger partial charge is 0.456 e. The molecule has 20 heavy (non-hydrogen) atoms. The summed E-state index contributed by atoms with van der Waals surface area (Å²) >= 11 is 15.0. The fourth-order valence-electron chi connectivity index (χ4n) is 1.44. The van der Waals surface area contributed by atoms with E-state index in [0.29, 0.717) is 5.69 Å². The minimum atomic E-state index is -0.542. The summed E-state index contributed by atoms with van der Waals surface area (Å²) in [6.07, 6.45) is 1.63. The normalized spacial score (nSPS) is 10.3. The lowest BCUT2D eigenvalue weighted by Crippen LogP contribution is -2.07. The molecular formula is C13H9BrCl2N2O2. The van der Waals surface area contributed by atoms with Crippen LogP contribution >= 0.6 is 39.1 Å². The highest BCUT2D eigenvalue weighted by atomic mass is 79.9. The van der Waals surface area contributed by atoms with E-state index in [9.17, 15) is 4.79 Å². The predicted molar refractivity (Wildman–Crippen MR) is 81.9 cm³/mol. The van der Waals surface area contributed by atoms with Crippen molar-refractivity contribution in [2.24, 2.45) is 0 Å². The Labute approximate surface area is 134 Å². The summed E-state index contributed by atoms with van der Waals surface area (Å²) in [5.74, 6) is -0.542. The van der Waals surface area contributed by atoms with Gasteiger partial charge in [0.15, 0.2) is 0 Å². The van der Waals surface area contributed by atoms with Crippen LogP contribution in [0, 0.1) is 0 Å². The van der Waals surface area contributed by atoms with Crippen LogP contribution in [0.3, 0.4) is 0 Å². The summed E-state index contributed by atoms with van der Waals surface area (Å²) in [5, 5.41) is 0.429. The third-order valence-corrected chi connectivity index (χ3v) is 3.72. The van der Waals surface area contributed by atoms with Crippen molar-refractivity contribution in [2.45, 2.75) is 6.61 Å². The van der Waals surface area contributed by atoms with Gasteiger partial charge < -0.3 is 10.5 Å². The number of hydrogen-bond donors (Lipinski definition) is 1. The first-order valence-electron chi connectivity index (χ1n) is 5.49. The smallest absolute Gasteiger partial charge is 0.338 e. The van der Waals surface area contributed by atoms with E-state index in [-0.39, 0.29) is 27.9 Å². The minimum Gasteiger partial charge on any atom is -0.456 e. The maximum Gasteiger partial charge on any atom is 0.338 e. The van der Waals surface area contributed by atoms with Gasteiger partial charge in [-0.3, -0.25) is 4.98 Å². The summed E-state index contributed by atoms with van der Waals surface area (Å²) < 4.78 is 5.98. The third-order valence-electron chi connectivity index (χ3n) is 2.43. The van der Waals surface area contributed by atoms with Gasteiger partial charge in [-0.1, -0.05) is 23.2 Å². The molecule has 0 unspecified atom stereocenters. The molecule has 2 rings (SSSR count). The highest BCUT2D eigenvalue weighted by molar-refractivity contribution is 9.10. The molecule has 0 aliphatic heterocycles. The van der Waals surface area contributed by atoms with Crippen LogP contribution in [0.5, 0.6) is 0 Å². The first-order valence-corrected chi connectivity index (χ1v) is 7.04. The third kappa shape index (κ3) is 3.62. The number of hydrogen-bond acceptors (Lipinski definition) is 4. The first kappa shape index (κ1) is 15.1. The van der Waals surface area contributed by atoms with Crippen molar-refractivity contribution in [3.63, 3.8) is 0 Å². The molecule has 0 fully saturated rings. The SMILES string of the molecule is Nc1cc(C(=O)OCc2ccc(Br)cn2)cc(Cl)c1Cl. The lowest BCUT2D eigenvalue weighted by Gasteiger charge is -2.07. The zero-order valence-electron chi connectivity index (χ0n) is 10.1. The van der Waals surface area contributed by atoms with E-state index in [4.69, 9.17) is 33.7 Å². The van der Waals surface area contributed by atoms with E-state index in [0.717, 1.165) is 4.47 Å². The van der Waals surface area contributed by atoms with Gasteiger partial charge in [0, 0.05) is 10.7 Å². The molecule has 1 aromatic carbocycles. The topological polar surface area (TPSA) is 65.2 Å². The van der Waals surface area contributed by atoms with E-state index in [1.54, 1.807) is 12.3 Å². The lowest BCUT2D eigenvalue weighted by atomic mass is 10.2. The Hall–Kier alpha value is -1.30. The molecule has 0 spiro atoms. The number of rotatable bonds is 3. The number of esters is 1. The minimum absolute atomic E-state index is 0.0618. The molecule has 0 saturated carbocycles. The number of carbonyl (C=O) groups excluding carboxylic acids is 1. The summed E-state index contributed by atoms with van der Waals surface area (Å²) in [4.78, 5) is 16.0. The van der Waals surface area contributed by atoms with Crippen molar-refractivity contribution < 1.29 is 9.53 Å². The molecule has 0 aliphatic rings. The molecule has 0 saturated heterocycles. The number of ether oxygens (including phenoxy) is 1. The van der Waals surface area contributed by atoms with Gasteiger partial charge in [0.05, 0.1) is 27.0 Å². The van der Waals surface area contributed by atoms with Gasteiger partial charge in [0.25, 0.3) is 0 Å². The quantitative estimate of drug-likeness (QED) is 0.648. The molecule has 0 radical (unpaired) electrons. The van der Waals surface area contributed by atoms with Crippen molar-refractivity contribution in [1.82, 2.24) is 4.98 Å². The number of nitrogens with two attached hydrogens (primary N) is 1. The predicted octanol–water partition coefficient (Wildman–Crippen LogP) is 4.09. The van der Waals surface area contributed by atoms with Crippen LogP contribution in [0.1, 0.15) is 16.1 Å². The van der Waals surface area contributed by atoms with Crippen molar-refractivity contribution in [3.05, 3.63) is 56.2 Å². The number of halogens is 3. The van der Waals surface area contributed by atoms with Crippen LogP contribution in [0.4, 0.5) is 5.69 Å². The van der Waals surface area contributed by atoms with Crippen LogP contribution < -0.4 is 5.73 Å². The van der Waals surface area contributed by atoms with Crippen LogP contribution in [0.2, 0.25) is 10.0 Å². The van der Waals surface area contributed by atoms with Gasteiger partial charge in [-0.05, 0) is 40.2 Å². The summed E-state index contributed by atoms with van der Waals surface area (Å²) in [5.41, 5.74) is 6.75. The number of aromatic nitrogens is 1. The van der Waals surface area contributed by atoms with E-state index in [1.807, 2.05) is 6.07 Å². The number of carbonyl (C=O) groups is 1. The zero-order valence-corrected chi connectivity index (χ0v) is 13.2. The van der Waals surface area contributed by atoms with Gasteiger partial charge in [0.2, 0.25) is 0 Å². The summed E-state index contributed by atoms with van der Waals surface area (Å²) in [7, 11) is 0. The number of nitrogen functional groups attached to an aromatic ring is 1. The molecule has 0 amide bonds. The summed E-state index contributed by atoms with van der Waals surface area (Å²) in [6.45, 7) is 0.0618. The van der Waals surface area contributed by atoms with Crippen LogP contribution in [-0.4, -0.2) is 11.0 Å². The van der Waals surface area contributed by atoms with Crippen molar-refractivity contribution in [1.29, 1.82) is 0 Å². The second-order valence-corrected chi connectivity index (χ2v) is 5.61. The fraction of sp³-hybridized carbons (Fsp3) is 0.0769. The van der Waals surface area contributed by atoms with E-state index in [2.05, 4.69) is 20.9 Å². The Morgan fingerprint density at radius 3 is 2.70 bits per heavy atom. The molecule has 0 atom stereocenters. The van der Waals surface area contributed by atoms with Crippen molar-refractivity contribution in [2.75, 3.05) is 5.73 Å². The zero-order chi connectivity index (χ0) is 14.7. The van der Waals surface area contributed by atoms with E-state index < -0.39 is 5.97 Å². The van der Waals surface area contributed by atoms with E-state index in [1.165, 1.54) is 12.1 Å². The number of anilines is 1. The molecule has 1 heterocycles.